The summed E-state index contributed by atoms with van der Waals surface area (Å²) >= 11 is 0. The van der Waals surface area contributed by atoms with Crippen LogP contribution in [0.4, 0.5) is 0 Å². The maximum atomic E-state index is 12.0. The van der Waals surface area contributed by atoms with Crippen molar-refractivity contribution < 1.29 is 14.6 Å². The van der Waals surface area contributed by atoms with Crippen LogP contribution in [0, 0.1) is 5.92 Å². The van der Waals surface area contributed by atoms with Gasteiger partial charge in [0.15, 0.2) is 0 Å². The molecule has 4 heteroatoms. The average Bonchev–Trinajstić information content (AvgIpc) is 2.90. The van der Waals surface area contributed by atoms with Gasteiger partial charge in [-0.15, -0.1) is 0 Å². The number of nitrogens with one attached hydrogen (secondary N) is 1. The van der Waals surface area contributed by atoms with E-state index in [0.29, 0.717) is 6.61 Å². The van der Waals surface area contributed by atoms with Gasteiger partial charge in [0.1, 0.15) is 6.10 Å². The standard InChI is InChI=1S/C18H27NO3/c1-12-9-10-22-16(12)17(21)19-11-15(20)13-5-7-14(8-6-13)18(2,3)4/h5-8,12,15-16,20H,9-11H2,1-4H3,(H,19,21). The predicted octanol–water partition coefficient (Wildman–Crippen LogP) is 2.56. The van der Waals surface area contributed by atoms with E-state index in [9.17, 15) is 9.90 Å². The van der Waals surface area contributed by atoms with Crippen LogP contribution in [-0.2, 0) is 14.9 Å². The van der Waals surface area contributed by atoms with Gasteiger partial charge in [-0.25, -0.2) is 0 Å². The van der Waals surface area contributed by atoms with E-state index in [1.54, 1.807) is 0 Å². The predicted molar refractivity (Wildman–Crippen MR) is 86.6 cm³/mol. The van der Waals surface area contributed by atoms with Gasteiger partial charge < -0.3 is 15.2 Å². The molecule has 0 bridgehead atoms. The zero-order valence-corrected chi connectivity index (χ0v) is 13.9. The second-order valence-corrected chi connectivity index (χ2v) is 7.19. The Bertz CT molecular complexity index is 504. The Hall–Kier alpha value is -1.39. The van der Waals surface area contributed by atoms with Crippen molar-refractivity contribution in [1.82, 2.24) is 5.32 Å². The zero-order valence-electron chi connectivity index (χ0n) is 13.9. The molecule has 2 rings (SSSR count). The van der Waals surface area contributed by atoms with E-state index in [-0.39, 0.29) is 29.9 Å². The summed E-state index contributed by atoms with van der Waals surface area (Å²) in [7, 11) is 0. The van der Waals surface area contributed by atoms with Crippen molar-refractivity contribution in [2.24, 2.45) is 5.92 Å². The fourth-order valence-corrected chi connectivity index (χ4v) is 2.65. The van der Waals surface area contributed by atoms with Crippen LogP contribution in [0.3, 0.4) is 0 Å². The maximum Gasteiger partial charge on any atom is 0.249 e. The number of carbonyl (C=O) groups is 1. The minimum atomic E-state index is -0.699. The van der Waals surface area contributed by atoms with Gasteiger partial charge in [0, 0.05) is 13.2 Å². The Morgan fingerprint density at radius 2 is 2.00 bits per heavy atom. The van der Waals surface area contributed by atoms with Gasteiger partial charge >= 0.3 is 0 Å². The molecule has 0 aliphatic carbocycles. The van der Waals surface area contributed by atoms with Gasteiger partial charge in [0.05, 0.1) is 6.10 Å². The van der Waals surface area contributed by atoms with Crippen LogP contribution >= 0.6 is 0 Å². The molecule has 0 spiro atoms. The molecule has 1 fully saturated rings. The van der Waals surface area contributed by atoms with Crippen molar-refractivity contribution in [3.05, 3.63) is 35.4 Å². The number of ether oxygens (including phenoxy) is 1. The van der Waals surface area contributed by atoms with E-state index in [0.717, 1.165) is 12.0 Å². The third kappa shape index (κ3) is 4.08. The fraction of sp³-hybridized carbons (Fsp3) is 0.611. The molecule has 1 aromatic rings. The summed E-state index contributed by atoms with van der Waals surface area (Å²) in [6, 6.07) is 7.91. The summed E-state index contributed by atoms with van der Waals surface area (Å²) in [6.45, 7) is 9.32. The number of aliphatic hydroxyl groups excluding tert-OH is 1. The van der Waals surface area contributed by atoms with Gasteiger partial charge in [-0.05, 0) is 28.9 Å². The number of carbonyl (C=O) groups excluding carboxylic acids is 1. The van der Waals surface area contributed by atoms with Gasteiger partial charge in [-0.3, -0.25) is 4.79 Å². The number of rotatable bonds is 4. The first-order valence-electron chi connectivity index (χ1n) is 7.97. The van der Waals surface area contributed by atoms with Crippen LogP contribution in [0.5, 0.6) is 0 Å². The Kier molecular flexibility index (Phi) is 5.24. The lowest BCUT2D eigenvalue weighted by molar-refractivity contribution is -0.131. The largest absolute Gasteiger partial charge is 0.387 e. The molecule has 122 valence electrons. The highest BCUT2D eigenvalue weighted by molar-refractivity contribution is 5.81. The van der Waals surface area contributed by atoms with Crippen molar-refractivity contribution in [3.8, 4) is 0 Å². The molecule has 2 N–H and O–H groups in total. The minimum absolute atomic E-state index is 0.0909. The van der Waals surface area contributed by atoms with E-state index in [1.165, 1.54) is 5.56 Å². The number of hydrogen-bond acceptors (Lipinski definition) is 3. The first-order chi connectivity index (χ1) is 10.3. The SMILES string of the molecule is CC1CCOC1C(=O)NCC(O)c1ccc(C(C)(C)C)cc1. The molecule has 4 nitrogen and oxygen atoms in total. The number of amides is 1. The molecule has 1 aliphatic rings. The summed E-state index contributed by atoms with van der Waals surface area (Å²) in [5, 5.41) is 13.0. The van der Waals surface area contributed by atoms with E-state index < -0.39 is 6.10 Å². The van der Waals surface area contributed by atoms with Crippen LogP contribution in [0.25, 0.3) is 0 Å². The molecule has 1 aromatic carbocycles. The average molecular weight is 305 g/mol. The molecule has 1 aliphatic heterocycles. The van der Waals surface area contributed by atoms with Crippen LogP contribution in [-0.4, -0.2) is 30.3 Å². The third-order valence-electron chi connectivity index (χ3n) is 4.28. The minimum Gasteiger partial charge on any atom is -0.387 e. The summed E-state index contributed by atoms with van der Waals surface area (Å²) in [4.78, 5) is 12.0. The van der Waals surface area contributed by atoms with Crippen molar-refractivity contribution >= 4 is 5.91 Å². The van der Waals surface area contributed by atoms with Gasteiger partial charge in [-0.2, -0.15) is 0 Å². The second-order valence-electron chi connectivity index (χ2n) is 7.19. The molecular weight excluding hydrogens is 278 g/mol. The van der Waals surface area contributed by atoms with Crippen LogP contribution in [0.15, 0.2) is 24.3 Å². The molecule has 3 unspecified atom stereocenters. The Morgan fingerprint density at radius 1 is 1.36 bits per heavy atom. The van der Waals surface area contributed by atoms with Gasteiger partial charge in [0.25, 0.3) is 0 Å². The maximum absolute atomic E-state index is 12.0. The normalized spacial score (nSPS) is 23.3. The first-order valence-corrected chi connectivity index (χ1v) is 7.97. The van der Waals surface area contributed by atoms with E-state index in [1.807, 2.05) is 31.2 Å². The summed E-state index contributed by atoms with van der Waals surface area (Å²) in [5.41, 5.74) is 2.13. The van der Waals surface area contributed by atoms with Crippen molar-refractivity contribution in [1.29, 1.82) is 0 Å². The molecule has 0 saturated carbocycles. The summed E-state index contributed by atoms with van der Waals surface area (Å²) in [6.07, 6.45) is -0.167. The first kappa shape index (κ1) is 17.0. The van der Waals surface area contributed by atoms with Crippen LogP contribution in [0.1, 0.15) is 51.3 Å². The summed E-state index contributed by atoms with van der Waals surface area (Å²) < 4.78 is 5.42. The molecule has 1 heterocycles. The van der Waals surface area contributed by atoms with Crippen LogP contribution in [0.2, 0.25) is 0 Å². The topological polar surface area (TPSA) is 58.6 Å². The highest BCUT2D eigenvalue weighted by atomic mass is 16.5. The molecular formula is C18H27NO3. The highest BCUT2D eigenvalue weighted by Crippen LogP contribution is 2.24. The quantitative estimate of drug-likeness (QED) is 0.899. The monoisotopic (exact) mass is 305 g/mol. The van der Waals surface area contributed by atoms with Gasteiger partial charge in [-0.1, -0.05) is 52.0 Å². The molecule has 22 heavy (non-hydrogen) atoms. The van der Waals surface area contributed by atoms with Crippen LogP contribution < -0.4 is 5.32 Å². The smallest absolute Gasteiger partial charge is 0.249 e. The fourth-order valence-electron chi connectivity index (χ4n) is 2.65. The third-order valence-corrected chi connectivity index (χ3v) is 4.28. The number of hydrogen-bond donors (Lipinski definition) is 2. The Labute approximate surface area is 132 Å². The number of benzene rings is 1. The lowest BCUT2D eigenvalue weighted by atomic mass is 9.86. The Balaban J connectivity index is 1.89. The van der Waals surface area contributed by atoms with Crippen molar-refractivity contribution in [2.75, 3.05) is 13.2 Å². The number of aliphatic hydroxyl groups is 1. The van der Waals surface area contributed by atoms with E-state index in [2.05, 4.69) is 26.1 Å². The van der Waals surface area contributed by atoms with Crippen molar-refractivity contribution in [3.63, 3.8) is 0 Å². The molecule has 0 aromatic heterocycles. The molecule has 1 amide bonds. The lowest BCUT2D eigenvalue weighted by Crippen LogP contribution is -2.39. The zero-order chi connectivity index (χ0) is 16.3. The van der Waals surface area contributed by atoms with Gasteiger partial charge in [0.2, 0.25) is 5.91 Å². The molecule has 0 radical (unpaired) electrons. The van der Waals surface area contributed by atoms with Crippen molar-refractivity contribution in [2.45, 2.75) is 51.7 Å². The highest BCUT2D eigenvalue weighted by Gasteiger charge is 2.30. The lowest BCUT2D eigenvalue weighted by Gasteiger charge is -2.20. The molecule has 3 atom stereocenters. The summed E-state index contributed by atoms with van der Waals surface area (Å²) in [5.74, 6) is 0.110. The van der Waals surface area contributed by atoms with E-state index in [4.69, 9.17) is 4.74 Å². The van der Waals surface area contributed by atoms with E-state index >= 15 is 0 Å². The second kappa shape index (κ2) is 6.80. The Morgan fingerprint density at radius 3 is 2.50 bits per heavy atom. The molecule has 1 saturated heterocycles.